The maximum Gasteiger partial charge on any atom is 0.246 e. The first-order valence-corrected chi connectivity index (χ1v) is 32.2. The van der Waals surface area contributed by atoms with E-state index in [-0.39, 0.29) is 40.5 Å². The molecule has 5 rings (SSSR count). The third kappa shape index (κ3) is 20.3. The fourth-order valence-corrected chi connectivity index (χ4v) is 13.6. The van der Waals surface area contributed by atoms with Gasteiger partial charge in [0, 0.05) is 66.4 Å². The first-order chi connectivity index (χ1) is 40.5. The van der Waals surface area contributed by atoms with Crippen LogP contribution in [0.1, 0.15) is 135 Å². The molecule has 3 aliphatic rings. The van der Waals surface area contributed by atoms with Crippen molar-refractivity contribution in [3.8, 4) is 5.75 Å². The topological polar surface area (TPSA) is 424 Å². The van der Waals surface area contributed by atoms with E-state index >= 15 is 4.21 Å². The number of aromatic nitrogens is 1. The summed E-state index contributed by atoms with van der Waals surface area (Å²) in [5, 5.41) is 59.0. The summed E-state index contributed by atoms with van der Waals surface area (Å²) in [5.41, 5.74) is 17.8. The Labute approximate surface area is 503 Å². The summed E-state index contributed by atoms with van der Waals surface area (Å²) in [7, 11) is -2.32. The average Bonchev–Trinajstić information content (AvgIpc) is 2.35. The number of unbranched alkanes of at least 4 members (excludes halogenated alkanes) is 8. The van der Waals surface area contributed by atoms with Crippen LogP contribution in [-0.2, 0) is 66.1 Å². The molecule has 476 valence electrons. The lowest BCUT2D eigenvalue weighted by molar-refractivity contribution is -0.144. The van der Waals surface area contributed by atoms with Crippen LogP contribution >= 0.6 is 11.8 Å². The number of nitrogens with one attached hydrogen (secondary N) is 7. The summed E-state index contributed by atoms with van der Waals surface area (Å²) in [5.74, 6) is -9.37. The van der Waals surface area contributed by atoms with Crippen molar-refractivity contribution in [2.75, 3.05) is 51.6 Å². The summed E-state index contributed by atoms with van der Waals surface area (Å²) in [6.45, 7) is 5.98. The number of likely N-dealkylation sites (tertiary alicyclic amines) is 1. The fourth-order valence-electron chi connectivity index (χ4n) is 11.0. The van der Waals surface area contributed by atoms with E-state index in [1.54, 1.807) is 38.6 Å². The summed E-state index contributed by atoms with van der Waals surface area (Å²) < 4.78 is 15.2. The molecule has 1 aromatic heterocycles. The van der Waals surface area contributed by atoms with Crippen molar-refractivity contribution < 1.29 is 67.8 Å². The number of hydrogen-bond acceptors (Lipinski definition) is 17. The number of aliphatic hydroxyl groups is 3. The van der Waals surface area contributed by atoms with E-state index < -0.39 is 157 Å². The highest BCUT2D eigenvalue weighted by Crippen LogP contribution is 2.38. The molecule has 0 aliphatic carbocycles. The van der Waals surface area contributed by atoms with Gasteiger partial charge in [0.25, 0.3) is 0 Å². The molecule has 0 bridgehead atoms. The Kier molecular flexibility index (Phi) is 28.3. The zero-order valence-electron chi connectivity index (χ0n) is 49.5. The molecular formula is C57H92N12O14S2. The first-order valence-electron chi connectivity index (χ1n) is 29.9. The number of aromatic hydroxyl groups is 1. The number of rotatable bonds is 27. The Hall–Kier alpha value is -5.91. The number of amides is 9. The van der Waals surface area contributed by atoms with Crippen LogP contribution in [0.3, 0.4) is 0 Å². The smallest absolute Gasteiger partial charge is 0.246 e. The zero-order valence-corrected chi connectivity index (χ0v) is 51.1. The third-order valence-electron chi connectivity index (χ3n) is 16.3. The summed E-state index contributed by atoms with van der Waals surface area (Å²) in [6.07, 6.45) is 8.21. The predicted octanol–water partition coefficient (Wildman–Crippen LogP) is -0.988. The van der Waals surface area contributed by atoms with Gasteiger partial charge in [0.1, 0.15) is 41.0 Å². The number of hydrogen-bond donors (Lipinski definition) is 14. The number of primary amides is 1. The highest BCUT2D eigenvalue weighted by molar-refractivity contribution is 7.99. The second-order valence-corrected chi connectivity index (χ2v) is 25.6. The summed E-state index contributed by atoms with van der Waals surface area (Å²) in [4.78, 5) is 129. The van der Waals surface area contributed by atoms with E-state index in [1.165, 1.54) is 38.7 Å². The van der Waals surface area contributed by atoms with Crippen LogP contribution in [0, 0.1) is 11.8 Å². The molecule has 0 radical (unpaired) electrons. The van der Waals surface area contributed by atoms with E-state index in [0.29, 0.717) is 60.8 Å². The largest absolute Gasteiger partial charge is 0.508 e. The fraction of sp³-hybridized carbons (Fsp3) is 0.702. The van der Waals surface area contributed by atoms with E-state index in [0.717, 1.165) is 43.5 Å². The van der Waals surface area contributed by atoms with Crippen LogP contribution < -0.4 is 49.1 Å². The molecule has 26 nitrogen and oxygen atoms in total. The molecule has 6 unspecified atom stereocenters. The van der Waals surface area contributed by atoms with Crippen molar-refractivity contribution in [1.82, 2.24) is 46.7 Å². The molecular weight excluding hydrogens is 1140 g/mol. The van der Waals surface area contributed by atoms with Crippen LogP contribution in [0.15, 0.2) is 17.2 Å². The van der Waals surface area contributed by atoms with Crippen molar-refractivity contribution in [1.29, 1.82) is 0 Å². The number of thioether (sulfide) groups is 1. The Bertz CT molecular complexity index is 2660. The molecule has 2 fully saturated rings. The van der Waals surface area contributed by atoms with Gasteiger partial charge in [0.2, 0.25) is 53.2 Å². The van der Waals surface area contributed by atoms with Crippen molar-refractivity contribution in [3.63, 3.8) is 0 Å². The summed E-state index contributed by atoms with van der Waals surface area (Å²) >= 11 is 1.58. The van der Waals surface area contributed by atoms with Gasteiger partial charge in [-0.3, -0.25) is 47.4 Å². The number of phenolic OH excluding ortho intramolecular Hbond substituents is 1. The number of piperidine rings is 1. The monoisotopic (exact) mass is 1230 g/mol. The molecule has 1 aromatic carbocycles. The minimum Gasteiger partial charge on any atom is -0.508 e. The second kappa shape index (κ2) is 34.4. The van der Waals surface area contributed by atoms with Crippen molar-refractivity contribution >= 4 is 86.6 Å². The molecule has 28 heteroatoms. The number of fused-ring (bicyclic) bond motifs is 4. The molecule has 2 saturated heterocycles. The Morgan fingerprint density at radius 3 is 2.18 bits per heavy atom. The predicted molar refractivity (Wildman–Crippen MR) is 320 cm³/mol. The van der Waals surface area contributed by atoms with Gasteiger partial charge in [-0.25, -0.2) is 0 Å². The van der Waals surface area contributed by atoms with Gasteiger partial charge in [-0.1, -0.05) is 72.1 Å². The lowest BCUT2D eigenvalue weighted by Crippen LogP contribution is -2.61. The lowest BCUT2D eigenvalue weighted by Gasteiger charge is -2.32. The molecule has 9 amide bonds. The number of aliphatic hydroxyl groups excluding tert-OH is 3. The molecule has 0 saturated carbocycles. The van der Waals surface area contributed by atoms with Gasteiger partial charge in [0.15, 0.2) is 0 Å². The lowest BCUT2D eigenvalue weighted by atomic mass is 9.94. The highest BCUT2D eigenvalue weighted by atomic mass is 32.2. The number of aromatic amines is 1. The number of carbonyl (C=O) groups excluding carboxylic acids is 9. The number of nitrogens with zero attached hydrogens (tertiary/aromatic N) is 2. The maximum absolute atomic E-state index is 15.2. The molecule has 85 heavy (non-hydrogen) atoms. The van der Waals surface area contributed by atoms with E-state index in [4.69, 9.17) is 17.2 Å². The van der Waals surface area contributed by atoms with E-state index in [9.17, 15) is 63.6 Å². The number of carbonyl (C=O) groups is 9. The van der Waals surface area contributed by atoms with Gasteiger partial charge < -0.3 is 84.3 Å². The summed E-state index contributed by atoms with van der Waals surface area (Å²) in [6, 6.07) is -5.57. The Balaban J connectivity index is 1.47. The average molecular weight is 1230 g/mol. The standard InChI is InChI=1S/C57H92N12O14S2/c1-5-32(2)49(65-46(75)26-59)54(80)61-27-47(76)63-41-31-85(83)56-38(37-16-17-43(72)39(51(37)67-56)30-84-36-18-21-68(22-19-36)48(77)15-13-11-9-7-6-8-10-12-14-20-58)23-33(3)62-55(81)50(34(4)44(73)29-70)66-53(79)42-24-35(71)28-69(42)57(82)40(25-45(60)74)64-52(41)78/h16-17,32-36,40-42,44,49-50,67,70-73H,5-15,18-31,58-59H2,1-4H3,(H2,60,74)(H,61,80)(H,62,81)(H,63,76)(H,64,78)(H,65,75)(H,66,79)/t32-,33+,34-,35+,40?,41?,42?,44-,49?,50?,85?/m0/s1. The maximum atomic E-state index is 15.2. The van der Waals surface area contributed by atoms with Gasteiger partial charge >= 0.3 is 0 Å². The minimum absolute atomic E-state index is 0.0131. The Morgan fingerprint density at radius 2 is 1.55 bits per heavy atom. The number of benzene rings is 1. The number of H-pyrrole nitrogens is 1. The van der Waals surface area contributed by atoms with Crippen molar-refractivity contribution in [2.45, 2.75) is 195 Å². The molecule has 0 spiro atoms. The molecule has 2 aromatic rings. The third-order valence-corrected chi connectivity index (χ3v) is 19.1. The van der Waals surface area contributed by atoms with Crippen molar-refractivity contribution in [2.24, 2.45) is 29.0 Å². The van der Waals surface area contributed by atoms with Crippen LogP contribution in [0.4, 0.5) is 0 Å². The minimum atomic E-state index is -2.32. The molecule has 17 N–H and O–H groups in total. The first kappa shape index (κ1) is 69.9. The van der Waals surface area contributed by atoms with Gasteiger partial charge in [-0.05, 0) is 69.2 Å². The Morgan fingerprint density at radius 1 is 0.894 bits per heavy atom. The highest BCUT2D eigenvalue weighted by Gasteiger charge is 2.45. The van der Waals surface area contributed by atoms with Crippen LogP contribution in [0.25, 0.3) is 10.9 Å². The molecule has 11 atom stereocenters. The SMILES string of the molecule is CC[C@H](C)C(NC(=O)CN)C(=O)NCC(=O)NC1CS(=O)c2[nH]c3c(CSC4CCN(C(=O)CCCCCCCCCCCN)CC4)c(O)ccc3c2C[C@@H](C)NC(=O)C([C@@H](C)[C@@H](O)CO)NC(=O)C2C[C@@H](O)CN2C(=O)C(CC(N)=O)NC1=O. The van der Waals surface area contributed by atoms with Gasteiger partial charge in [-0.15, -0.1) is 0 Å². The van der Waals surface area contributed by atoms with Gasteiger partial charge in [0.05, 0.1) is 60.4 Å². The van der Waals surface area contributed by atoms with E-state index in [1.807, 2.05) is 4.90 Å². The zero-order chi connectivity index (χ0) is 62.5. The van der Waals surface area contributed by atoms with Crippen LogP contribution in [-0.4, -0.2) is 198 Å². The van der Waals surface area contributed by atoms with Gasteiger partial charge in [-0.2, -0.15) is 11.8 Å². The normalized spacial score (nSPS) is 23.5. The second-order valence-electron chi connectivity index (χ2n) is 22.9. The quantitative estimate of drug-likeness (QED) is 0.0478. The van der Waals surface area contributed by atoms with Crippen molar-refractivity contribution in [3.05, 3.63) is 23.3 Å². The van der Waals surface area contributed by atoms with Crippen LogP contribution in [0.2, 0.25) is 0 Å². The number of nitrogens with two attached hydrogens (primary N) is 3. The number of phenols is 1. The van der Waals surface area contributed by atoms with Crippen LogP contribution in [0.5, 0.6) is 5.75 Å². The molecule has 3 aliphatic heterocycles. The molecule has 4 heterocycles. The van der Waals surface area contributed by atoms with E-state index in [2.05, 4.69) is 36.9 Å².